The van der Waals surface area contributed by atoms with Crippen molar-refractivity contribution in [2.24, 2.45) is 5.73 Å². The van der Waals surface area contributed by atoms with E-state index in [4.69, 9.17) is 10.5 Å². The molecule has 1 saturated heterocycles. The Morgan fingerprint density at radius 1 is 1.32 bits per heavy atom. The van der Waals surface area contributed by atoms with Crippen LogP contribution < -0.4 is 11.1 Å². The zero-order valence-corrected chi connectivity index (χ0v) is 13.5. The van der Waals surface area contributed by atoms with E-state index in [1.54, 1.807) is 20.8 Å². The van der Waals surface area contributed by atoms with E-state index in [9.17, 15) is 9.59 Å². The smallest absolute Gasteiger partial charge is 0.410 e. The predicted molar refractivity (Wildman–Crippen MR) is 85.7 cm³/mol. The van der Waals surface area contributed by atoms with Gasteiger partial charge in [0.15, 0.2) is 0 Å². The highest BCUT2D eigenvalue weighted by molar-refractivity contribution is 5.87. The molecule has 1 aliphatic rings. The number of nitrogens with zero attached hydrogens (tertiary/aromatic N) is 1. The molecule has 0 aliphatic carbocycles. The molecule has 0 aromatic rings. The van der Waals surface area contributed by atoms with Crippen LogP contribution in [0.4, 0.5) is 4.79 Å². The first-order chi connectivity index (χ1) is 10.2. The van der Waals surface area contributed by atoms with Crippen molar-refractivity contribution in [3.8, 4) is 0 Å². The highest BCUT2D eigenvalue weighted by atomic mass is 16.6. The molecule has 6 nitrogen and oxygen atoms in total. The fraction of sp³-hybridized carbons (Fsp3) is 0.500. The number of carbonyl (C=O) groups excluding carboxylic acids is 2. The van der Waals surface area contributed by atoms with E-state index in [1.807, 2.05) is 0 Å². The lowest BCUT2D eigenvalue weighted by atomic mass is 10.2. The van der Waals surface area contributed by atoms with Crippen molar-refractivity contribution >= 4 is 12.0 Å². The van der Waals surface area contributed by atoms with Gasteiger partial charge in [-0.25, -0.2) is 4.79 Å². The maximum Gasteiger partial charge on any atom is 0.410 e. The zero-order chi connectivity index (χ0) is 16.9. The van der Waals surface area contributed by atoms with Gasteiger partial charge in [-0.2, -0.15) is 0 Å². The van der Waals surface area contributed by atoms with E-state index in [0.29, 0.717) is 24.4 Å². The van der Waals surface area contributed by atoms with E-state index in [0.717, 1.165) is 6.42 Å². The van der Waals surface area contributed by atoms with Crippen molar-refractivity contribution in [3.05, 3.63) is 36.7 Å². The minimum atomic E-state index is -0.597. The Morgan fingerprint density at radius 2 is 1.95 bits per heavy atom. The second-order valence-corrected chi connectivity index (χ2v) is 6.10. The van der Waals surface area contributed by atoms with Gasteiger partial charge in [-0.15, -0.1) is 0 Å². The van der Waals surface area contributed by atoms with Crippen LogP contribution in [0.2, 0.25) is 0 Å². The van der Waals surface area contributed by atoms with Crippen LogP contribution in [0.25, 0.3) is 0 Å². The molecule has 1 fully saturated rings. The third-order valence-corrected chi connectivity index (χ3v) is 3.18. The highest BCUT2D eigenvalue weighted by Crippen LogP contribution is 2.21. The van der Waals surface area contributed by atoms with Gasteiger partial charge < -0.3 is 15.8 Å². The molecule has 0 radical (unpaired) electrons. The van der Waals surface area contributed by atoms with Crippen LogP contribution in [0.15, 0.2) is 36.7 Å². The maximum absolute atomic E-state index is 12.4. The second kappa shape index (κ2) is 7.15. The first-order valence-electron chi connectivity index (χ1n) is 7.24. The Bertz CT molecular complexity index is 503. The summed E-state index contributed by atoms with van der Waals surface area (Å²) in [7, 11) is 0. The van der Waals surface area contributed by atoms with Crippen LogP contribution >= 0.6 is 0 Å². The van der Waals surface area contributed by atoms with E-state index < -0.39 is 17.7 Å². The average Bonchev–Trinajstić information content (AvgIpc) is 2.91. The minimum absolute atomic E-state index is 0.303. The van der Waals surface area contributed by atoms with Gasteiger partial charge in [-0.3, -0.25) is 9.69 Å². The largest absolute Gasteiger partial charge is 0.444 e. The van der Waals surface area contributed by atoms with Crippen LogP contribution in [0.5, 0.6) is 0 Å². The molecule has 1 aliphatic heterocycles. The van der Waals surface area contributed by atoms with Gasteiger partial charge in [0, 0.05) is 6.54 Å². The summed E-state index contributed by atoms with van der Waals surface area (Å²) >= 11 is 0. The van der Waals surface area contributed by atoms with Crippen molar-refractivity contribution < 1.29 is 14.3 Å². The molecule has 1 rings (SSSR count). The molecule has 1 atom stereocenters. The van der Waals surface area contributed by atoms with Gasteiger partial charge in [0.05, 0.1) is 11.4 Å². The summed E-state index contributed by atoms with van der Waals surface area (Å²) in [5, 5.41) is 2.68. The van der Waals surface area contributed by atoms with Gasteiger partial charge >= 0.3 is 6.09 Å². The quantitative estimate of drug-likeness (QED) is 0.778. The molecule has 0 bridgehead atoms. The van der Waals surface area contributed by atoms with Gasteiger partial charge in [-0.1, -0.05) is 13.2 Å². The van der Waals surface area contributed by atoms with Crippen molar-refractivity contribution in [1.29, 1.82) is 0 Å². The molecule has 3 N–H and O–H groups in total. The first kappa shape index (κ1) is 17.8. The Balaban J connectivity index is 2.82. The van der Waals surface area contributed by atoms with Crippen LogP contribution in [0.1, 0.15) is 33.6 Å². The fourth-order valence-electron chi connectivity index (χ4n) is 2.15. The lowest BCUT2D eigenvalue weighted by Gasteiger charge is -2.28. The summed E-state index contributed by atoms with van der Waals surface area (Å²) in [4.78, 5) is 26.0. The summed E-state index contributed by atoms with van der Waals surface area (Å²) in [5.41, 5.74) is 5.84. The number of hydrogen-bond donors (Lipinski definition) is 2. The van der Waals surface area contributed by atoms with Crippen LogP contribution in [0, 0.1) is 0 Å². The summed E-state index contributed by atoms with van der Waals surface area (Å²) in [5.74, 6) is -0.303. The molecule has 2 amide bonds. The van der Waals surface area contributed by atoms with Crippen LogP contribution in [0.3, 0.4) is 0 Å². The minimum Gasteiger partial charge on any atom is -0.444 e. The Hall–Kier alpha value is -2.24. The molecular weight excluding hydrogens is 282 g/mol. The fourth-order valence-corrected chi connectivity index (χ4v) is 2.15. The lowest BCUT2D eigenvalue weighted by Crippen LogP contribution is -2.47. The third-order valence-electron chi connectivity index (χ3n) is 3.18. The standard InChI is InChI=1S/C16H25N3O3/c1-6-11(17)12(7-2)18-14(20)13-9-8-10-19(13)15(21)22-16(3,4)5/h6-7,13H,1-2,8-10,17H2,3-5H3,(H,18,20)/b12-11-/t13-/m0/s1. The number of allylic oxidation sites excluding steroid dienone is 2. The number of ether oxygens (including phenoxy) is 1. The molecule has 0 unspecified atom stereocenters. The van der Waals surface area contributed by atoms with E-state index in [2.05, 4.69) is 18.5 Å². The topological polar surface area (TPSA) is 84.7 Å². The Labute approximate surface area is 131 Å². The number of nitrogens with one attached hydrogen (secondary N) is 1. The highest BCUT2D eigenvalue weighted by Gasteiger charge is 2.36. The van der Waals surface area contributed by atoms with Crippen molar-refractivity contribution in [1.82, 2.24) is 10.2 Å². The van der Waals surface area contributed by atoms with Crippen molar-refractivity contribution in [2.45, 2.75) is 45.3 Å². The number of likely N-dealkylation sites (tertiary alicyclic amines) is 1. The maximum atomic E-state index is 12.4. The van der Waals surface area contributed by atoms with E-state index in [-0.39, 0.29) is 5.91 Å². The predicted octanol–water partition coefficient (Wildman–Crippen LogP) is 2.04. The summed E-state index contributed by atoms with van der Waals surface area (Å²) in [6.45, 7) is 13.0. The summed E-state index contributed by atoms with van der Waals surface area (Å²) < 4.78 is 5.34. The zero-order valence-electron chi connectivity index (χ0n) is 13.5. The molecular formula is C16H25N3O3. The van der Waals surface area contributed by atoms with E-state index >= 15 is 0 Å². The van der Waals surface area contributed by atoms with Gasteiger partial charge in [-0.05, 0) is 45.8 Å². The molecule has 0 aromatic heterocycles. The van der Waals surface area contributed by atoms with Gasteiger partial charge in [0.2, 0.25) is 5.91 Å². The van der Waals surface area contributed by atoms with Gasteiger partial charge in [0.25, 0.3) is 0 Å². The molecule has 1 heterocycles. The van der Waals surface area contributed by atoms with Gasteiger partial charge in [0.1, 0.15) is 11.6 Å². The second-order valence-electron chi connectivity index (χ2n) is 6.10. The molecule has 122 valence electrons. The Morgan fingerprint density at radius 3 is 2.45 bits per heavy atom. The van der Waals surface area contributed by atoms with E-state index in [1.165, 1.54) is 17.1 Å². The van der Waals surface area contributed by atoms with Crippen LogP contribution in [-0.4, -0.2) is 35.1 Å². The first-order valence-corrected chi connectivity index (χ1v) is 7.24. The number of rotatable bonds is 4. The lowest BCUT2D eigenvalue weighted by molar-refractivity contribution is -0.124. The Kier molecular flexibility index (Phi) is 5.79. The monoisotopic (exact) mass is 307 g/mol. The molecule has 0 saturated carbocycles. The molecule has 0 spiro atoms. The van der Waals surface area contributed by atoms with Crippen LogP contribution in [-0.2, 0) is 9.53 Å². The normalized spacial score (nSPS) is 19.2. The number of carbonyl (C=O) groups is 2. The van der Waals surface area contributed by atoms with Crippen molar-refractivity contribution in [2.75, 3.05) is 6.54 Å². The summed E-state index contributed by atoms with van der Waals surface area (Å²) in [6.07, 6.45) is 3.73. The number of hydrogen-bond acceptors (Lipinski definition) is 4. The average molecular weight is 307 g/mol. The SMILES string of the molecule is C=C/C(N)=C(\C=C)NC(=O)[C@@H]1CCCN1C(=O)OC(C)(C)C. The summed E-state index contributed by atoms with van der Waals surface area (Å²) in [6, 6.07) is -0.567. The third kappa shape index (κ3) is 4.65. The molecule has 22 heavy (non-hydrogen) atoms. The molecule has 0 aromatic carbocycles. The molecule has 6 heteroatoms. The number of nitrogens with two attached hydrogens (primary N) is 1. The van der Waals surface area contributed by atoms with Crippen molar-refractivity contribution in [3.63, 3.8) is 0 Å². The number of amides is 2.